The first kappa shape index (κ1) is 21.2. The lowest BCUT2D eigenvalue weighted by Crippen LogP contribution is -2.19. The highest BCUT2D eigenvalue weighted by Crippen LogP contribution is 2.29. The highest BCUT2D eigenvalue weighted by atomic mass is 35.5. The minimum Gasteiger partial charge on any atom is -0.423 e. The fraction of sp³-hybridized carbons (Fsp3) is 0. The van der Waals surface area contributed by atoms with Crippen molar-refractivity contribution in [2.45, 2.75) is 0 Å². The van der Waals surface area contributed by atoms with Crippen LogP contribution < -0.4 is 10.1 Å². The number of carbonyl (C=O) groups excluding carboxylic acids is 2. The molecule has 0 unspecified atom stereocenters. The summed E-state index contributed by atoms with van der Waals surface area (Å²) < 4.78 is 5.36. The van der Waals surface area contributed by atoms with Crippen LogP contribution in [0.25, 0.3) is 6.08 Å². The Labute approximate surface area is 192 Å². The zero-order chi connectivity index (χ0) is 21.8. The number of hydrogen-bond donors (Lipinski definition) is 1. The van der Waals surface area contributed by atoms with E-state index in [9.17, 15) is 9.59 Å². The van der Waals surface area contributed by atoms with Gasteiger partial charge in [-0.3, -0.25) is 4.79 Å². The molecule has 0 radical (unpaired) electrons. The molecule has 31 heavy (non-hydrogen) atoms. The molecule has 1 aliphatic rings. The van der Waals surface area contributed by atoms with E-state index in [0.29, 0.717) is 20.8 Å². The average molecular weight is 469 g/mol. The average Bonchev–Trinajstić information content (AvgIpc) is 3.08. The van der Waals surface area contributed by atoms with Crippen molar-refractivity contribution in [2.75, 3.05) is 0 Å². The Morgan fingerprint density at radius 3 is 2.45 bits per heavy atom. The molecule has 4 rings (SSSR count). The molecule has 3 aromatic rings. The lowest BCUT2D eigenvalue weighted by Gasteiger charge is -2.06. The number of ether oxygens (including phenoxy) is 1. The third kappa shape index (κ3) is 5.35. The van der Waals surface area contributed by atoms with Crippen LogP contribution in [0.2, 0.25) is 10.0 Å². The van der Waals surface area contributed by atoms with E-state index in [1.54, 1.807) is 36.4 Å². The zero-order valence-corrected chi connectivity index (χ0v) is 18.2. The third-order valence-electron chi connectivity index (χ3n) is 4.18. The summed E-state index contributed by atoms with van der Waals surface area (Å²) in [5, 5.41) is 3.93. The van der Waals surface area contributed by atoms with Crippen molar-refractivity contribution in [3.63, 3.8) is 0 Å². The van der Waals surface area contributed by atoms with Gasteiger partial charge in [-0.15, -0.1) is 0 Å². The Hall–Kier alpha value is -3.06. The van der Waals surface area contributed by atoms with Crippen molar-refractivity contribution in [3.8, 4) is 5.75 Å². The molecule has 1 heterocycles. The summed E-state index contributed by atoms with van der Waals surface area (Å²) in [5.41, 5.74) is 1.77. The molecule has 1 N–H and O–H groups in total. The van der Waals surface area contributed by atoms with Crippen LogP contribution in [0.1, 0.15) is 15.9 Å². The van der Waals surface area contributed by atoms with Gasteiger partial charge in [0.1, 0.15) is 5.75 Å². The Kier molecular flexibility index (Phi) is 6.42. The minimum atomic E-state index is -0.583. The number of carbonyl (C=O) groups is 2. The number of esters is 1. The molecule has 1 fully saturated rings. The topological polar surface area (TPSA) is 67.8 Å². The quantitative estimate of drug-likeness (QED) is 0.285. The molecule has 0 bridgehead atoms. The first-order valence-electron chi connectivity index (χ1n) is 9.10. The zero-order valence-electron chi connectivity index (χ0n) is 15.8. The maximum Gasteiger partial charge on any atom is 0.345 e. The number of nitrogens with one attached hydrogen (secondary N) is 1. The van der Waals surface area contributed by atoms with E-state index in [2.05, 4.69) is 10.3 Å². The van der Waals surface area contributed by atoms with Crippen LogP contribution in [0.3, 0.4) is 0 Å². The summed E-state index contributed by atoms with van der Waals surface area (Å²) in [5.74, 6) is -0.444. The van der Waals surface area contributed by atoms with Gasteiger partial charge in [-0.25, -0.2) is 9.79 Å². The highest BCUT2D eigenvalue weighted by Gasteiger charge is 2.23. The summed E-state index contributed by atoms with van der Waals surface area (Å²) in [6.45, 7) is 0. The number of benzene rings is 3. The van der Waals surface area contributed by atoms with Gasteiger partial charge in [0.15, 0.2) is 5.17 Å². The van der Waals surface area contributed by atoms with Gasteiger partial charge in [0, 0.05) is 5.02 Å². The number of halogens is 2. The summed E-state index contributed by atoms with van der Waals surface area (Å²) in [6, 6.07) is 20.7. The Balaban J connectivity index is 1.44. The molecule has 1 saturated heterocycles. The molecule has 1 aliphatic heterocycles. The lowest BCUT2D eigenvalue weighted by molar-refractivity contribution is -0.115. The minimum absolute atomic E-state index is 0.215. The molecule has 0 saturated carbocycles. The molecule has 0 aliphatic carbocycles. The van der Waals surface area contributed by atoms with E-state index < -0.39 is 5.97 Å². The van der Waals surface area contributed by atoms with Gasteiger partial charge >= 0.3 is 5.97 Å². The van der Waals surface area contributed by atoms with Crippen molar-refractivity contribution in [3.05, 3.63) is 98.9 Å². The maximum atomic E-state index is 12.3. The van der Waals surface area contributed by atoms with Crippen molar-refractivity contribution < 1.29 is 14.3 Å². The fourth-order valence-electron chi connectivity index (χ4n) is 2.70. The number of thioether (sulfide) groups is 1. The van der Waals surface area contributed by atoms with Gasteiger partial charge in [0.2, 0.25) is 0 Å². The second-order valence-corrected chi connectivity index (χ2v) is 8.27. The highest BCUT2D eigenvalue weighted by molar-refractivity contribution is 8.18. The van der Waals surface area contributed by atoms with Crippen LogP contribution in [0.4, 0.5) is 5.69 Å². The number of nitrogens with zero attached hydrogens (tertiary/aromatic N) is 1. The lowest BCUT2D eigenvalue weighted by atomic mass is 10.2. The summed E-state index contributed by atoms with van der Waals surface area (Å²) in [4.78, 5) is 29.5. The normalized spacial score (nSPS) is 15.9. The van der Waals surface area contributed by atoms with Crippen LogP contribution in [0, 0.1) is 0 Å². The van der Waals surface area contributed by atoms with E-state index in [1.807, 2.05) is 30.3 Å². The molecule has 1 amide bonds. The van der Waals surface area contributed by atoms with Gasteiger partial charge in [0.05, 0.1) is 21.2 Å². The Bertz CT molecular complexity index is 1210. The van der Waals surface area contributed by atoms with E-state index in [-0.39, 0.29) is 16.5 Å². The van der Waals surface area contributed by atoms with Crippen molar-refractivity contribution >= 4 is 63.8 Å². The van der Waals surface area contributed by atoms with Crippen LogP contribution in [0.5, 0.6) is 5.75 Å². The molecular weight excluding hydrogens is 455 g/mol. The molecule has 0 aromatic heterocycles. The molecule has 0 atom stereocenters. The number of hydrogen-bond acceptors (Lipinski definition) is 5. The predicted molar refractivity (Wildman–Crippen MR) is 125 cm³/mol. The van der Waals surface area contributed by atoms with E-state index >= 15 is 0 Å². The maximum absolute atomic E-state index is 12.3. The predicted octanol–water partition coefficient (Wildman–Crippen LogP) is 6.10. The van der Waals surface area contributed by atoms with Crippen LogP contribution in [0.15, 0.2) is 82.7 Å². The first-order valence-corrected chi connectivity index (χ1v) is 10.7. The van der Waals surface area contributed by atoms with Crippen LogP contribution in [-0.2, 0) is 4.79 Å². The number of para-hydroxylation sites is 1. The Morgan fingerprint density at radius 1 is 1.00 bits per heavy atom. The fourth-order valence-corrected chi connectivity index (χ4v) is 4.03. The van der Waals surface area contributed by atoms with Gasteiger partial charge in [-0.1, -0.05) is 53.5 Å². The van der Waals surface area contributed by atoms with E-state index in [4.69, 9.17) is 27.9 Å². The third-order valence-corrected chi connectivity index (χ3v) is 5.63. The standard InChI is InChI=1S/C23H14Cl2N2O3S/c24-15-8-11-18(19(25)13-15)22(29)30-17-9-6-14(7-10-17)12-20-21(28)27-23(31-20)26-16-4-2-1-3-5-16/h1-13H,(H,26,27,28)/b20-12-. The van der Waals surface area contributed by atoms with Crippen molar-refractivity contribution in [2.24, 2.45) is 4.99 Å². The Morgan fingerprint density at radius 2 is 1.74 bits per heavy atom. The summed E-state index contributed by atoms with van der Waals surface area (Å²) >= 11 is 13.2. The monoisotopic (exact) mass is 468 g/mol. The molecule has 8 heteroatoms. The summed E-state index contributed by atoms with van der Waals surface area (Å²) in [6.07, 6.45) is 1.75. The van der Waals surface area contributed by atoms with Crippen LogP contribution >= 0.6 is 35.0 Å². The van der Waals surface area contributed by atoms with Gasteiger partial charge < -0.3 is 10.1 Å². The number of amides is 1. The molecular formula is C23H14Cl2N2O3S. The molecule has 0 spiro atoms. The van der Waals surface area contributed by atoms with Gasteiger partial charge in [0.25, 0.3) is 5.91 Å². The van der Waals surface area contributed by atoms with Gasteiger partial charge in [-0.2, -0.15) is 0 Å². The molecule has 154 valence electrons. The number of amidine groups is 1. The molecule has 3 aromatic carbocycles. The first-order chi connectivity index (χ1) is 15.0. The number of rotatable bonds is 4. The second-order valence-electron chi connectivity index (χ2n) is 6.40. The largest absolute Gasteiger partial charge is 0.423 e. The smallest absolute Gasteiger partial charge is 0.345 e. The van der Waals surface area contributed by atoms with Gasteiger partial charge in [-0.05, 0) is 65.9 Å². The molecule has 5 nitrogen and oxygen atoms in total. The van der Waals surface area contributed by atoms with Crippen molar-refractivity contribution in [1.82, 2.24) is 5.32 Å². The van der Waals surface area contributed by atoms with E-state index in [1.165, 1.54) is 23.9 Å². The van der Waals surface area contributed by atoms with E-state index in [0.717, 1.165) is 11.3 Å². The van der Waals surface area contributed by atoms with Crippen molar-refractivity contribution in [1.29, 1.82) is 0 Å². The summed E-state index contributed by atoms with van der Waals surface area (Å²) in [7, 11) is 0. The SMILES string of the molecule is O=C1NC(=Nc2ccccc2)S/C1=C\c1ccc(OC(=O)c2ccc(Cl)cc2Cl)cc1. The second kappa shape index (κ2) is 9.39. The number of aliphatic imine (C=N–C) groups is 1. The van der Waals surface area contributed by atoms with Crippen LogP contribution in [-0.4, -0.2) is 17.0 Å².